The van der Waals surface area contributed by atoms with Gasteiger partial charge in [0.1, 0.15) is 20.7 Å². The second-order valence-electron chi connectivity index (χ2n) is 7.36. The molecule has 0 spiro atoms. The van der Waals surface area contributed by atoms with E-state index in [2.05, 4.69) is 0 Å². The van der Waals surface area contributed by atoms with Crippen LogP contribution in [0.15, 0.2) is 70.6 Å². The summed E-state index contributed by atoms with van der Waals surface area (Å²) in [5.41, 5.74) is 1.18. The van der Waals surface area contributed by atoms with Crippen LogP contribution in [0.1, 0.15) is 5.01 Å². The molecule has 2 heterocycles. The van der Waals surface area contributed by atoms with E-state index in [0.717, 1.165) is 20.4 Å². The summed E-state index contributed by atoms with van der Waals surface area (Å²) in [6.45, 7) is 0. The molecule has 0 atom stereocenters. The number of hydrogen-bond donors (Lipinski definition) is 0. The van der Waals surface area contributed by atoms with Gasteiger partial charge in [0.05, 0.1) is 22.2 Å². The minimum atomic E-state index is -4.64. The van der Waals surface area contributed by atoms with Crippen LogP contribution < -0.4 is 60.9 Å². The van der Waals surface area contributed by atoms with Crippen molar-refractivity contribution in [2.75, 3.05) is 10.8 Å². The normalized spacial score (nSPS) is 15.1. The molecular weight excluding hydrogens is 544 g/mol. The summed E-state index contributed by atoms with van der Waals surface area (Å²) in [5.74, 6) is -1.55. The third kappa shape index (κ3) is 5.44. The van der Waals surface area contributed by atoms with E-state index >= 15 is 0 Å². The number of thiazole rings is 1. The first-order valence-corrected chi connectivity index (χ1v) is 14.4. The van der Waals surface area contributed by atoms with Crippen molar-refractivity contribution in [2.45, 2.75) is 10.8 Å². The first-order chi connectivity index (χ1) is 15.6. The largest absolute Gasteiger partial charge is 1.00 e. The molecule has 0 unspecified atom stereocenters. The summed E-state index contributed by atoms with van der Waals surface area (Å²) in [4.78, 5) is 2.16. The predicted octanol–water partition coefficient (Wildman–Crippen LogP) is 0.262. The summed E-state index contributed by atoms with van der Waals surface area (Å²) in [5, 5.41) is 2.58. The quantitative estimate of drug-likeness (QED) is 0.194. The predicted molar refractivity (Wildman–Crippen MR) is 127 cm³/mol. The average Bonchev–Trinajstić information content (AvgIpc) is 3.24. The van der Waals surface area contributed by atoms with Crippen molar-refractivity contribution >= 4 is 76.1 Å². The van der Waals surface area contributed by atoms with Gasteiger partial charge in [-0.15, -0.1) is 0 Å². The summed E-state index contributed by atoms with van der Waals surface area (Å²) >= 11 is 2.55. The molecule has 0 saturated heterocycles. The summed E-state index contributed by atoms with van der Waals surface area (Å²) < 4.78 is 72.3. The van der Waals surface area contributed by atoms with Crippen molar-refractivity contribution < 1.29 is 81.9 Å². The minimum Gasteiger partial charge on any atom is -0.747 e. The molecule has 0 amide bonds. The Labute approximate surface area is 247 Å². The topological polar surface area (TPSA) is 122 Å². The van der Waals surface area contributed by atoms with Crippen LogP contribution in [-0.4, -0.2) is 31.8 Å². The molecule has 0 bridgehead atoms. The molecule has 1 aliphatic heterocycles. The van der Waals surface area contributed by atoms with E-state index in [1.165, 1.54) is 32.6 Å². The monoisotopic (exact) mass is 558 g/mol. The molecule has 170 valence electrons. The molecule has 1 aromatic heterocycles. The van der Waals surface area contributed by atoms with Crippen LogP contribution in [-0.2, 0) is 26.1 Å². The molecule has 1 aliphatic rings. The Morgan fingerprint density at radius 2 is 1.62 bits per heavy atom. The number of rotatable bonds is 5. The third-order valence-electron chi connectivity index (χ3n) is 5.07. The fourth-order valence-corrected chi connectivity index (χ4v) is 7.45. The average molecular weight is 559 g/mol. The molecule has 8 nitrogen and oxygen atoms in total. The Bertz CT molecular complexity index is 1670. The number of benzene rings is 3. The summed E-state index contributed by atoms with van der Waals surface area (Å²) in [7, 11) is -9.23. The van der Waals surface area contributed by atoms with Crippen LogP contribution >= 0.6 is 23.1 Å². The number of fused-ring (bicyclic) bond motifs is 4. The third-order valence-corrected chi connectivity index (χ3v) is 8.43. The van der Waals surface area contributed by atoms with E-state index in [-0.39, 0.29) is 51.4 Å². The van der Waals surface area contributed by atoms with E-state index in [1.54, 1.807) is 30.3 Å². The molecule has 0 N–H and O–H groups in total. The maximum Gasteiger partial charge on any atom is 1.00 e. The Morgan fingerprint density at radius 3 is 2.35 bits per heavy atom. The molecule has 0 aliphatic carbocycles. The second-order valence-corrected chi connectivity index (χ2v) is 12.2. The van der Waals surface area contributed by atoms with Gasteiger partial charge in [-0.1, -0.05) is 59.5 Å². The Morgan fingerprint density at radius 1 is 0.912 bits per heavy atom. The van der Waals surface area contributed by atoms with Gasteiger partial charge in [0.15, 0.2) is 10.1 Å². The molecule has 4 aromatic rings. The number of para-hydroxylation sites is 1. The number of thioether (sulfide) groups is 1. The van der Waals surface area contributed by atoms with Crippen LogP contribution in [0.4, 0.5) is 5.69 Å². The maximum atomic E-state index is 11.8. The molecule has 5 rings (SSSR count). The van der Waals surface area contributed by atoms with E-state index in [9.17, 15) is 25.9 Å². The van der Waals surface area contributed by atoms with Gasteiger partial charge in [-0.05, 0) is 29.7 Å². The molecule has 0 fully saturated rings. The first-order valence-electron chi connectivity index (χ1n) is 9.56. The van der Waals surface area contributed by atoms with Crippen LogP contribution in [0.2, 0.25) is 0 Å². The van der Waals surface area contributed by atoms with Crippen molar-refractivity contribution in [1.29, 1.82) is 0 Å². The van der Waals surface area contributed by atoms with Gasteiger partial charge in [-0.2, -0.15) is 4.57 Å². The van der Waals surface area contributed by atoms with E-state index in [1.807, 2.05) is 36.4 Å². The molecule has 3 aromatic carbocycles. The maximum absolute atomic E-state index is 11.8. The van der Waals surface area contributed by atoms with E-state index < -0.39 is 32.0 Å². The van der Waals surface area contributed by atoms with Gasteiger partial charge in [0.25, 0.3) is 5.01 Å². The SMILES string of the molecule is O=S(=O)([O-])CN1C(=Cc2sc3ccc4ccccc4c3[n+]2CS(=O)(=O)[O-])Sc2ccccc21.[K+]. The minimum absolute atomic E-state index is 0. The summed E-state index contributed by atoms with van der Waals surface area (Å²) in [6.07, 6.45) is 1.63. The zero-order chi connectivity index (χ0) is 23.4. The number of hydrogen-bond acceptors (Lipinski definition) is 9. The first kappa shape index (κ1) is 26.2. The van der Waals surface area contributed by atoms with Crippen molar-refractivity contribution in [1.82, 2.24) is 0 Å². The van der Waals surface area contributed by atoms with Crippen LogP contribution in [0.5, 0.6) is 0 Å². The molecule has 34 heavy (non-hydrogen) atoms. The molecule has 0 saturated carbocycles. The standard InChI is InChI=1S/C21H16N2O6S4.K/c24-32(25,26)12-22-16-7-3-4-8-17(16)30-19(22)11-20-23(13-33(27,28)29)21-15-6-2-1-5-14(15)9-10-18(21)31-20;/h1-11H,12-13H2,(H-,24,25,26,27,28,29);/q;+1/p-1. The van der Waals surface area contributed by atoms with Crippen molar-refractivity contribution in [3.63, 3.8) is 0 Å². The van der Waals surface area contributed by atoms with Gasteiger partial charge >= 0.3 is 51.4 Å². The van der Waals surface area contributed by atoms with Crippen molar-refractivity contribution in [3.05, 3.63) is 70.7 Å². The molecular formula is C21H15KN2O6S4. The van der Waals surface area contributed by atoms with Crippen LogP contribution in [0, 0.1) is 0 Å². The molecule has 13 heteroatoms. The number of aromatic nitrogens is 1. The smallest absolute Gasteiger partial charge is 0.747 e. The van der Waals surface area contributed by atoms with E-state index in [4.69, 9.17) is 0 Å². The zero-order valence-electron chi connectivity index (χ0n) is 17.7. The van der Waals surface area contributed by atoms with Crippen molar-refractivity contribution in [2.24, 2.45) is 0 Å². The van der Waals surface area contributed by atoms with E-state index in [0.29, 0.717) is 21.2 Å². The zero-order valence-corrected chi connectivity index (χ0v) is 24.1. The van der Waals surface area contributed by atoms with Gasteiger partial charge < -0.3 is 14.0 Å². The van der Waals surface area contributed by atoms with Gasteiger partial charge in [-0.3, -0.25) is 0 Å². The van der Waals surface area contributed by atoms with Crippen molar-refractivity contribution in [3.8, 4) is 0 Å². The Hall–Kier alpha value is -0.844. The van der Waals surface area contributed by atoms with Gasteiger partial charge in [0, 0.05) is 4.90 Å². The fraction of sp³-hybridized carbons (Fsp3) is 0.0952. The fourth-order valence-electron chi connectivity index (χ4n) is 3.82. The number of nitrogens with zero attached hydrogens (tertiary/aromatic N) is 2. The number of anilines is 1. The van der Waals surface area contributed by atoms with Gasteiger partial charge in [-0.25, -0.2) is 16.8 Å². The van der Waals surface area contributed by atoms with Crippen LogP contribution in [0.3, 0.4) is 0 Å². The Kier molecular flexibility index (Phi) is 7.64. The van der Waals surface area contributed by atoms with Gasteiger partial charge in [0.2, 0.25) is 11.4 Å². The Balaban J connectivity index is 0.00000274. The molecule has 0 radical (unpaired) electrons. The second kappa shape index (κ2) is 9.90. The van der Waals surface area contributed by atoms with Crippen LogP contribution in [0.25, 0.3) is 27.1 Å². The summed E-state index contributed by atoms with van der Waals surface area (Å²) in [6, 6.07) is 18.3.